The molecule has 3 aromatic rings. The molecular formula is C53H68N2O2. The van der Waals surface area contributed by atoms with Gasteiger partial charge in [0.15, 0.2) is 0 Å². The third kappa shape index (κ3) is 9.16. The standard InChI is InChI=1S/C53H68N2O2/c1-8-13-15-17-18-20-36-54-48(42-29-27-40(28-30-42)22-21-39-23-25-41(26-24-39)33-34-52(6,10-3)11-4)46-47(51(54)57)49(55(50(46)56)35-19-16-14-9-2)43-31-32-45-44(37-43)38-53(45,7)12-5/h21-34,37H,8-20,35-36,38H2,1-7H3/b22-21+,34-33+. The number of nitrogens with zero attached hydrogens (tertiary/aromatic N) is 2. The molecule has 6 rings (SSSR count). The molecule has 57 heavy (non-hydrogen) atoms. The molecule has 0 N–H and O–H groups in total. The van der Waals surface area contributed by atoms with Crippen molar-refractivity contribution in [2.75, 3.05) is 13.1 Å². The third-order valence-electron chi connectivity index (χ3n) is 13.4. The van der Waals surface area contributed by atoms with E-state index in [0.29, 0.717) is 24.2 Å². The zero-order valence-corrected chi connectivity index (χ0v) is 36.2. The second kappa shape index (κ2) is 18.9. The Kier molecular flexibility index (Phi) is 14.0. The predicted octanol–water partition coefficient (Wildman–Crippen LogP) is 13.7. The molecule has 2 amide bonds. The van der Waals surface area contributed by atoms with Gasteiger partial charge in [-0.25, -0.2) is 0 Å². The molecule has 4 heteroatoms. The predicted molar refractivity (Wildman–Crippen MR) is 242 cm³/mol. The molecule has 1 aliphatic carbocycles. The first-order valence-electron chi connectivity index (χ1n) is 22.4. The molecule has 2 aliphatic heterocycles. The fourth-order valence-corrected chi connectivity index (χ4v) is 8.82. The third-order valence-corrected chi connectivity index (χ3v) is 13.4. The summed E-state index contributed by atoms with van der Waals surface area (Å²) in [6.07, 6.45) is 24.4. The summed E-state index contributed by atoms with van der Waals surface area (Å²) in [6, 6.07) is 23.9. The van der Waals surface area contributed by atoms with Gasteiger partial charge in [0, 0.05) is 13.1 Å². The Morgan fingerprint density at radius 2 is 1.05 bits per heavy atom. The van der Waals surface area contributed by atoms with Crippen LogP contribution in [-0.2, 0) is 21.4 Å². The first-order chi connectivity index (χ1) is 27.6. The Hall–Kier alpha value is -4.44. The molecule has 0 radical (unpaired) electrons. The summed E-state index contributed by atoms with van der Waals surface area (Å²) in [5.41, 5.74) is 11.4. The minimum atomic E-state index is -0.0253. The first kappa shape index (κ1) is 42.2. The number of fused-ring (bicyclic) bond motifs is 2. The summed E-state index contributed by atoms with van der Waals surface area (Å²) in [6.45, 7) is 17.1. The van der Waals surface area contributed by atoms with E-state index in [0.717, 1.165) is 97.9 Å². The molecule has 3 aliphatic rings. The van der Waals surface area contributed by atoms with Crippen LogP contribution in [0.2, 0.25) is 0 Å². The molecule has 0 saturated carbocycles. The van der Waals surface area contributed by atoms with E-state index in [-0.39, 0.29) is 22.6 Å². The maximum absolute atomic E-state index is 14.8. The second-order valence-electron chi connectivity index (χ2n) is 17.5. The Balaban J connectivity index is 1.32. The Bertz CT molecular complexity index is 2010. The Morgan fingerprint density at radius 3 is 1.56 bits per heavy atom. The van der Waals surface area contributed by atoms with Crippen molar-refractivity contribution >= 4 is 41.4 Å². The van der Waals surface area contributed by atoms with Crippen LogP contribution < -0.4 is 0 Å². The van der Waals surface area contributed by atoms with Gasteiger partial charge < -0.3 is 9.80 Å². The van der Waals surface area contributed by atoms with Crippen LogP contribution in [0.3, 0.4) is 0 Å². The largest absolute Gasteiger partial charge is 0.307 e. The van der Waals surface area contributed by atoms with Crippen molar-refractivity contribution in [3.05, 3.63) is 123 Å². The summed E-state index contributed by atoms with van der Waals surface area (Å²) in [5, 5.41) is 0. The fraction of sp³-hybridized carbons (Fsp3) is 0.472. The van der Waals surface area contributed by atoms with Gasteiger partial charge in [0.25, 0.3) is 11.8 Å². The van der Waals surface area contributed by atoms with Crippen molar-refractivity contribution in [2.24, 2.45) is 5.41 Å². The Morgan fingerprint density at radius 1 is 0.596 bits per heavy atom. The number of hydrogen-bond donors (Lipinski definition) is 0. The van der Waals surface area contributed by atoms with Gasteiger partial charge in [-0.1, -0.05) is 185 Å². The maximum Gasteiger partial charge on any atom is 0.261 e. The van der Waals surface area contributed by atoms with Crippen molar-refractivity contribution in [2.45, 2.75) is 144 Å². The molecule has 3 aromatic carbocycles. The van der Waals surface area contributed by atoms with Crippen molar-refractivity contribution in [3.63, 3.8) is 0 Å². The van der Waals surface area contributed by atoms with Gasteiger partial charge in [0.05, 0.1) is 22.5 Å². The molecule has 0 bridgehead atoms. The van der Waals surface area contributed by atoms with Gasteiger partial charge in [0.2, 0.25) is 0 Å². The zero-order chi connectivity index (χ0) is 40.6. The van der Waals surface area contributed by atoms with Gasteiger partial charge in [-0.3, -0.25) is 9.59 Å². The van der Waals surface area contributed by atoms with E-state index in [1.165, 1.54) is 42.4 Å². The second-order valence-corrected chi connectivity index (χ2v) is 17.5. The summed E-state index contributed by atoms with van der Waals surface area (Å²) >= 11 is 0. The number of amides is 2. The zero-order valence-electron chi connectivity index (χ0n) is 36.2. The average molecular weight is 765 g/mol. The van der Waals surface area contributed by atoms with E-state index < -0.39 is 0 Å². The van der Waals surface area contributed by atoms with Gasteiger partial charge in [-0.2, -0.15) is 0 Å². The minimum absolute atomic E-state index is 0.0228. The molecular weight excluding hydrogens is 697 g/mol. The molecule has 1 unspecified atom stereocenters. The summed E-state index contributed by atoms with van der Waals surface area (Å²) in [7, 11) is 0. The van der Waals surface area contributed by atoms with Crippen LogP contribution in [0.15, 0.2) is 84.0 Å². The van der Waals surface area contributed by atoms with Crippen LogP contribution in [0, 0.1) is 5.41 Å². The van der Waals surface area contributed by atoms with E-state index in [4.69, 9.17) is 0 Å². The van der Waals surface area contributed by atoms with E-state index in [2.05, 4.69) is 140 Å². The van der Waals surface area contributed by atoms with E-state index in [1.807, 2.05) is 9.80 Å². The van der Waals surface area contributed by atoms with Crippen molar-refractivity contribution in [1.29, 1.82) is 0 Å². The SMILES string of the molecule is CCCCCCCCN1C(=O)C2=C(c3ccc4c(c3)CC4(C)CC)N(CCCCCC)C(=O)C2=C1c1ccc(/C=C/c2ccc(/C=C/C(C)(CC)CC)cc2)cc1. The molecule has 0 spiro atoms. The highest BCUT2D eigenvalue weighted by molar-refractivity contribution is 6.30. The van der Waals surface area contributed by atoms with Gasteiger partial charge >= 0.3 is 0 Å². The molecule has 0 aromatic heterocycles. The minimum Gasteiger partial charge on any atom is -0.307 e. The number of rotatable bonds is 21. The molecule has 302 valence electrons. The number of allylic oxidation sites excluding steroid dienone is 1. The molecule has 0 saturated heterocycles. The summed E-state index contributed by atoms with van der Waals surface area (Å²) in [4.78, 5) is 33.5. The van der Waals surface area contributed by atoms with Crippen LogP contribution in [0.1, 0.15) is 171 Å². The van der Waals surface area contributed by atoms with Gasteiger partial charge in [0.1, 0.15) is 0 Å². The highest BCUT2D eigenvalue weighted by Crippen LogP contribution is 2.49. The molecule has 4 nitrogen and oxygen atoms in total. The van der Waals surface area contributed by atoms with E-state index in [1.54, 1.807) is 0 Å². The molecule has 2 heterocycles. The topological polar surface area (TPSA) is 40.6 Å². The molecule has 0 fully saturated rings. The number of carbonyl (C=O) groups excluding carboxylic acids is 2. The quantitative estimate of drug-likeness (QED) is 0.0800. The lowest BCUT2D eigenvalue weighted by atomic mass is 9.63. The normalized spacial score (nSPS) is 18.2. The van der Waals surface area contributed by atoms with Gasteiger partial charge in [-0.15, -0.1) is 0 Å². The lowest BCUT2D eigenvalue weighted by molar-refractivity contribution is -0.124. The van der Waals surface area contributed by atoms with Crippen molar-refractivity contribution in [1.82, 2.24) is 9.80 Å². The van der Waals surface area contributed by atoms with E-state index in [9.17, 15) is 9.59 Å². The number of unbranched alkanes of at least 4 members (excludes halogenated alkanes) is 8. The van der Waals surface area contributed by atoms with Crippen LogP contribution in [-0.4, -0.2) is 34.7 Å². The van der Waals surface area contributed by atoms with Gasteiger partial charge in [-0.05, 0) is 94.4 Å². The summed E-state index contributed by atoms with van der Waals surface area (Å²) < 4.78 is 0. The monoisotopic (exact) mass is 765 g/mol. The van der Waals surface area contributed by atoms with Crippen LogP contribution in [0.4, 0.5) is 0 Å². The highest BCUT2D eigenvalue weighted by atomic mass is 16.2. The Labute approximate surface area is 344 Å². The highest BCUT2D eigenvalue weighted by Gasteiger charge is 2.49. The number of hydrogen-bond acceptors (Lipinski definition) is 2. The van der Waals surface area contributed by atoms with Crippen molar-refractivity contribution < 1.29 is 9.59 Å². The lowest BCUT2D eigenvalue weighted by Crippen LogP contribution is -2.35. The van der Waals surface area contributed by atoms with Crippen LogP contribution in [0.25, 0.3) is 29.6 Å². The van der Waals surface area contributed by atoms with E-state index >= 15 is 0 Å². The number of carbonyl (C=O) groups is 2. The van der Waals surface area contributed by atoms with Crippen LogP contribution in [0.5, 0.6) is 0 Å². The van der Waals surface area contributed by atoms with Crippen molar-refractivity contribution in [3.8, 4) is 0 Å². The average Bonchev–Trinajstić information content (AvgIpc) is 3.68. The molecule has 1 atom stereocenters. The smallest absolute Gasteiger partial charge is 0.261 e. The maximum atomic E-state index is 14.8. The number of benzene rings is 3. The summed E-state index contributed by atoms with van der Waals surface area (Å²) in [5.74, 6) is -0.0482. The van der Waals surface area contributed by atoms with Crippen LogP contribution >= 0.6 is 0 Å². The lowest BCUT2D eigenvalue weighted by Gasteiger charge is -2.41. The first-order valence-corrected chi connectivity index (χ1v) is 22.4. The fourth-order valence-electron chi connectivity index (χ4n) is 8.82.